The Kier molecular flexibility index (Phi) is 3.33. The molecule has 0 radical (unpaired) electrons. The molecule has 1 aromatic carbocycles. The first-order chi connectivity index (χ1) is 9.95. The van der Waals surface area contributed by atoms with Gasteiger partial charge in [0.25, 0.3) is 0 Å². The third kappa shape index (κ3) is 2.71. The molecule has 2 aromatic rings. The Balaban J connectivity index is 2.20. The monoisotopic (exact) mass is 304 g/mol. The van der Waals surface area contributed by atoms with Crippen LogP contribution in [0, 0.1) is 17.4 Å². The first-order valence-corrected chi connectivity index (χ1v) is 7.01. The van der Waals surface area contributed by atoms with E-state index in [1.807, 2.05) is 0 Å². The van der Waals surface area contributed by atoms with Gasteiger partial charge in [0, 0.05) is 17.0 Å². The molecule has 0 spiro atoms. The molecule has 0 atom stereocenters. The Morgan fingerprint density at radius 1 is 1.43 bits per heavy atom. The van der Waals surface area contributed by atoms with Crippen LogP contribution in [0.3, 0.4) is 0 Å². The van der Waals surface area contributed by atoms with Gasteiger partial charge in [0.15, 0.2) is 0 Å². The summed E-state index contributed by atoms with van der Waals surface area (Å²) in [6, 6.07) is 3.74. The Morgan fingerprint density at radius 3 is 2.76 bits per heavy atom. The van der Waals surface area contributed by atoms with Crippen molar-refractivity contribution in [2.45, 2.75) is 25.7 Å². The molecule has 0 unspecified atom stereocenters. The highest BCUT2D eigenvalue weighted by atomic mass is 32.1. The average molecular weight is 304 g/mol. The Labute approximate surface area is 125 Å². The van der Waals surface area contributed by atoms with Gasteiger partial charge >= 0.3 is 5.97 Å². The summed E-state index contributed by atoms with van der Waals surface area (Å²) in [7, 11) is 0. The van der Waals surface area contributed by atoms with Crippen LogP contribution in [0.15, 0.2) is 18.2 Å². The fourth-order valence-electron chi connectivity index (χ4n) is 2.25. The number of carboxylic acid groups (broad SMARTS) is 1. The lowest BCUT2D eigenvalue weighted by atomic mass is 10.0. The second kappa shape index (κ2) is 5.04. The van der Waals surface area contributed by atoms with Gasteiger partial charge in [0.05, 0.1) is 11.3 Å². The van der Waals surface area contributed by atoms with E-state index in [1.165, 1.54) is 12.1 Å². The summed E-state index contributed by atoms with van der Waals surface area (Å²) < 4.78 is 14.1. The number of carbonyl (C=O) groups is 1. The summed E-state index contributed by atoms with van der Waals surface area (Å²) in [6.07, 6.45) is 2.12. The highest BCUT2D eigenvalue weighted by molar-refractivity contribution is 7.71. The Bertz CT molecular complexity index is 797. The normalized spacial score (nSPS) is 14.2. The molecule has 1 fully saturated rings. The molecule has 3 rings (SSSR count). The van der Waals surface area contributed by atoms with E-state index in [0.717, 1.165) is 30.3 Å². The number of nitrogens with zero attached hydrogens (tertiary/aromatic N) is 1. The minimum absolute atomic E-state index is 0.0893. The molecular formula is C15H13FN2O2S. The second-order valence-electron chi connectivity index (χ2n) is 5.24. The summed E-state index contributed by atoms with van der Waals surface area (Å²) in [5.41, 5.74) is 1.74. The van der Waals surface area contributed by atoms with Crippen molar-refractivity contribution < 1.29 is 14.3 Å². The molecule has 0 saturated heterocycles. The van der Waals surface area contributed by atoms with Crippen LogP contribution < -0.4 is 0 Å². The first-order valence-electron chi connectivity index (χ1n) is 6.61. The van der Waals surface area contributed by atoms with Gasteiger partial charge in [-0.05, 0) is 38.0 Å². The van der Waals surface area contributed by atoms with E-state index in [-0.39, 0.29) is 5.56 Å². The number of carboxylic acids is 1. The minimum atomic E-state index is -1.16. The smallest absolute Gasteiger partial charge is 0.335 e. The number of aromatic nitrogens is 2. The zero-order valence-electron chi connectivity index (χ0n) is 11.3. The highest BCUT2D eigenvalue weighted by Crippen LogP contribution is 2.39. The maximum Gasteiger partial charge on any atom is 0.335 e. The predicted octanol–water partition coefficient (Wildman–Crippen LogP) is 3.83. The number of rotatable bonds is 3. The van der Waals surface area contributed by atoms with Crippen LogP contribution in [-0.2, 0) is 0 Å². The molecule has 1 heterocycles. The molecule has 6 heteroatoms. The van der Waals surface area contributed by atoms with E-state index in [1.54, 1.807) is 6.92 Å². The van der Waals surface area contributed by atoms with E-state index in [9.17, 15) is 9.18 Å². The molecule has 108 valence electrons. The number of aromatic amines is 1. The maximum atomic E-state index is 13.7. The van der Waals surface area contributed by atoms with Crippen LogP contribution in [0.4, 0.5) is 4.39 Å². The van der Waals surface area contributed by atoms with Crippen LogP contribution in [0.25, 0.3) is 11.3 Å². The van der Waals surface area contributed by atoms with Crippen LogP contribution >= 0.6 is 12.2 Å². The molecule has 1 saturated carbocycles. The minimum Gasteiger partial charge on any atom is -0.478 e. The zero-order valence-corrected chi connectivity index (χ0v) is 12.1. The molecule has 0 bridgehead atoms. The van der Waals surface area contributed by atoms with Crippen molar-refractivity contribution in [3.63, 3.8) is 0 Å². The van der Waals surface area contributed by atoms with Crippen molar-refractivity contribution in [2.24, 2.45) is 0 Å². The summed E-state index contributed by atoms with van der Waals surface area (Å²) in [5.74, 6) is -0.586. The van der Waals surface area contributed by atoms with Crippen molar-refractivity contribution in [2.75, 3.05) is 0 Å². The van der Waals surface area contributed by atoms with Crippen molar-refractivity contribution in [1.82, 2.24) is 9.97 Å². The second-order valence-corrected chi connectivity index (χ2v) is 5.62. The summed E-state index contributed by atoms with van der Waals surface area (Å²) in [5, 5.41) is 9.05. The Morgan fingerprint density at radius 2 is 2.14 bits per heavy atom. The van der Waals surface area contributed by atoms with Gasteiger partial charge in [-0.1, -0.05) is 12.2 Å². The summed E-state index contributed by atoms with van der Waals surface area (Å²) in [4.78, 5) is 18.6. The predicted molar refractivity (Wildman–Crippen MR) is 78.5 cm³/mol. The molecule has 0 aliphatic heterocycles. The number of nitrogens with one attached hydrogen (secondary N) is 1. The number of aromatic carboxylic acids is 1. The molecule has 21 heavy (non-hydrogen) atoms. The van der Waals surface area contributed by atoms with Gasteiger partial charge in [-0.2, -0.15) is 0 Å². The first kappa shape index (κ1) is 13.9. The average Bonchev–Trinajstić information content (AvgIpc) is 3.25. The number of hydrogen-bond acceptors (Lipinski definition) is 3. The van der Waals surface area contributed by atoms with Crippen LogP contribution in [0.1, 0.15) is 40.5 Å². The van der Waals surface area contributed by atoms with E-state index >= 15 is 0 Å². The zero-order chi connectivity index (χ0) is 15.1. The Hall–Kier alpha value is -2.08. The molecular weight excluding hydrogens is 291 g/mol. The molecule has 1 aliphatic rings. The fraction of sp³-hybridized carbons (Fsp3) is 0.267. The molecule has 0 amide bonds. The van der Waals surface area contributed by atoms with Gasteiger partial charge in [0.1, 0.15) is 16.3 Å². The van der Waals surface area contributed by atoms with Crippen molar-refractivity contribution in [3.8, 4) is 11.3 Å². The van der Waals surface area contributed by atoms with Crippen molar-refractivity contribution in [3.05, 3.63) is 45.6 Å². The number of benzene rings is 1. The van der Waals surface area contributed by atoms with Crippen molar-refractivity contribution >= 4 is 18.2 Å². The maximum absolute atomic E-state index is 13.7. The van der Waals surface area contributed by atoms with Gasteiger partial charge < -0.3 is 10.1 Å². The summed E-state index contributed by atoms with van der Waals surface area (Å²) in [6.45, 7) is 1.79. The highest BCUT2D eigenvalue weighted by Gasteiger charge is 2.27. The quantitative estimate of drug-likeness (QED) is 0.846. The standard InChI is InChI=1S/C15H13FN2O2S/c1-7-12(17-13(8-2-3-8)18-14(7)21)9-4-10(15(19)20)6-11(16)5-9/h4-6,8H,2-3H2,1H3,(H,19,20)(H,17,18,21). The van der Waals surface area contributed by atoms with E-state index in [2.05, 4.69) is 9.97 Å². The van der Waals surface area contributed by atoms with Crippen molar-refractivity contribution in [1.29, 1.82) is 0 Å². The third-order valence-corrected chi connectivity index (χ3v) is 3.97. The SMILES string of the molecule is Cc1c(-c2cc(F)cc(C(=O)O)c2)[nH]c(C2CC2)nc1=S. The summed E-state index contributed by atoms with van der Waals surface area (Å²) >= 11 is 5.25. The fourth-order valence-corrected chi connectivity index (χ4v) is 2.45. The lowest BCUT2D eigenvalue weighted by molar-refractivity contribution is 0.0696. The van der Waals surface area contributed by atoms with E-state index in [4.69, 9.17) is 17.3 Å². The van der Waals surface area contributed by atoms with E-state index in [0.29, 0.717) is 21.8 Å². The van der Waals surface area contributed by atoms with Crippen LogP contribution in [0.2, 0.25) is 0 Å². The van der Waals surface area contributed by atoms with Gasteiger partial charge in [0.2, 0.25) is 0 Å². The van der Waals surface area contributed by atoms with E-state index < -0.39 is 11.8 Å². The van der Waals surface area contributed by atoms with Crippen LogP contribution in [-0.4, -0.2) is 21.0 Å². The number of H-pyrrole nitrogens is 1. The van der Waals surface area contributed by atoms with Gasteiger partial charge in [-0.25, -0.2) is 14.2 Å². The number of halogens is 1. The lowest BCUT2D eigenvalue weighted by Crippen LogP contribution is -2.02. The largest absolute Gasteiger partial charge is 0.478 e. The lowest BCUT2D eigenvalue weighted by Gasteiger charge is -2.10. The topological polar surface area (TPSA) is 66.0 Å². The number of hydrogen-bond donors (Lipinski definition) is 2. The van der Waals surface area contributed by atoms with Crippen LogP contribution in [0.5, 0.6) is 0 Å². The molecule has 1 aromatic heterocycles. The van der Waals surface area contributed by atoms with Gasteiger partial charge in [-0.3, -0.25) is 0 Å². The molecule has 4 nitrogen and oxygen atoms in total. The molecule has 1 aliphatic carbocycles. The third-order valence-electron chi connectivity index (χ3n) is 3.57. The molecule has 2 N–H and O–H groups in total. The van der Waals surface area contributed by atoms with Gasteiger partial charge in [-0.15, -0.1) is 0 Å².